The number of carboxylic acids is 1. The normalized spacial score (nSPS) is 20.4. The summed E-state index contributed by atoms with van der Waals surface area (Å²) in [5, 5.41) is 15.2. The zero-order valence-corrected chi connectivity index (χ0v) is 15.9. The molecule has 0 aromatic heterocycles. The molecule has 1 atom stereocenters. The first-order valence-corrected chi connectivity index (χ1v) is 9.44. The van der Waals surface area contributed by atoms with Crippen LogP contribution < -0.4 is 15.4 Å². The van der Waals surface area contributed by atoms with Gasteiger partial charge in [0.2, 0.25) is 5.91 Å². The highest BCUT2D eigenvalue weighted by Crippen LogP contribution is 2.19. The number of urea groups is 1. The van der Waals surface area contributed by atoms with Crippen LogP contribution in [0.2, 0.25) is 0 Å². The van der Waals surface area contributed by atoms with Crippen LogP contribution in [-0.4, -0.2) is 77.3 Å². The summed E-state index contributed by atoms with van der Waals surface area (Å²) in [6, 6.07) is 7.96. The average Bonchev–Trinajstić information content (AvgIpc) is 2.69. The topological polar surface area (TPSA) is 111 Å². The van der Waals surface area contributed by atoms with Crippen molar-refractivity contribution in [1.29, 1.82) is 0 Å². The Morgan fingerprint density at radius 3 is 2.50 bits per heavy atom. The van der Waals surface area contributed by atoms with E-state index in [1.807, 2.05) is 4.90 Å². The van der Waals surface area contributed by atoms with Crippen LogP contribution >= 0.6 is 0 Å². The number of aliphatic carboxylic acids is 1. The summed E-state index contributed by atoms with van der Waals surface area (Å²) >= 11 is 0. The number of carbonyl (C=O) groups excluding carboxylic acids is 2. The minimum Gasteiger partial charge on any atom is -0.477 e. The van der Waals surface area contributed by atoms with Gasteiger partial charge >= 0.3 is 12.0 Å². The maximum atomic E-state index is 12.6. The predicted molar refractivity (Wildman–Crippen MR) is 101 cm³/mol. The van der Waals surface area contributed by atoms with Gasteiger partial charge in [-0.2, -0.15) is 0 Å². The molecule has 0 radical (unpaired) electrons. The number of rotatable bonds is 5. The Hall–Kier alpha value is -2.81. The lowest BCUT2D eigenvalue weighted by Gasteiger charge is -2.41. The van der Waals surface area contributed by atoms with E-state index in [0.717, 1.165) is 25.9 Å². The molecular weight excluding hydrogens is 364 g/mol. The van der Waals surface area contributed by atoms with Gasteiger partial charge in [0.15, 0.2) is 0 Å². The van der Waals surface area contributed by atoms with Crippen LogP contribution in [0.1, 0.15) is 19.8 Å². The third-order valence-electron chi connectivity index (χ3n) is 5.11. The Kier molecular flexibility index (Phi) is 6.03. The zero-order valence-electron chi connectivity index (χ0n) is 15.9. The van der Waals surface area contributed by atoms with Crippen LogP contribution in [-0.2, 0) is 9.59 Å². The van der Waals surface area contributed by atoms with E-state index in [9.17, 15) is 19.5 Å². The van der Waals surface area contributed by atoms with Crippen molar-refractivity contribution in [3.05, 3.63) is 30.3 Å². The van der Waals surface area contributed by atoms with E-state index in [1.54, 1.807) is 30.3 Å². The molecule has 2 aliphatic heterocycles. The van der Waals surface area contributed by atoms with E-state index in [-0.39, 0.29) is 18.5 Å². The summed E-state index contributed by atoms with van der Waals surface area (Å²) in [6.07, 6.45) is 1.81. The predicted octanol–water partition coefficient (Wildman–Crippen LogP) is 0.472. The molecule has 2 saturated heterocycles. The Morgan fingerprint density at radius 1 is 1.21 bits per heavy atom. The van der Waals surface area contributed by atoms with Gasteiger partial charge in [-0.25, -0.2) is 9.59 Å². The summed E-state index contributed by atoms with van der Waals surface area (Å²) in [6.45, 7) is 3.76. The number of carboxylic acid groups (broad SMARTS) is 1. The number of hydrogen-bond acceptors (Lipinski definition) is 5. The molecule has 1 aromatic carbocycles. The molecule has 0 aliphatic carbocycles. The van der Waals surface area contributed by atoms with E-state index in [2.05, 4.69) is 10.6 Å². The molecule has 1 aromatic rings. The molecule has 0 saturated carbocycles. The fraction of sp³-hybridized carbons (Fsp3) is 0.526. The highest BCUT2D eigenvalue weighted by Gasteiger charge is 2.40. The number of piperidine rings is 1. The van der Waals surface area contributed by atoms with Crippen molar-refractivity contribution in [3.63, 3.8) is 0 Å². The standard InChI is InChI=1S/C19H26N4O5/c1-19(17(25)26,28-15-5-3-2-4-6-15)21-18(27)22-11-12-23(16(24)13-22)14-7-9-20-10-8-14/h2-6,14,20H,7-13H2,1H3,(H,21,27)(H,25,26). The molecule has 2 aliphatic rings. The Bertz CT molecular complexity index is 722. The van der Waals surface area contributed by atoms with Gasteiger partial charge in [-0.3, -0.25) is 10.1 Å². The van der Waals surface area contributed by atoms with Crippen molar-refractivity contribution >= 4 is 17.9 Å². The highest BCUT2D eigenvalue weighted by molar-refractivity contribution is 5.88. The molecule has 3 N–H and O–H groups in total. The van der Waals surface area contributed by atoms with Crippen LogP contribution in [0, 0.1) is 0 Å². The molecule has 2 heterocycles. The van der Waals surface area contributed by atoms with E-state index in [1.165, 1.54) is 11.8 Å². The van der Waals surface area contributed by atoms with Gasteiger partial charge in [0.25, 0.3) is 5.72 Å². The first kappa shape index (κ1) is 19.9. The Morgan fingerprint density at radius 2 is 1.89 bits per heavy atom. The van der Waals surface area contributed by atoms with Crippen LogP contribution in [0.4, 0.5) is 4.79 Å². The number of amides is 3. The van der Waals surface area contributed by atoms with Crippen LogP contribution in [0.3, 0.4) is 0 Å². The summed E-state index contributed by atoms with van der Waals surface area (Å²) in [5.74, 6) is -1.13. The van der Waals surface area contributed by atoms with Gasteiger partial charge in [0, 0.05) is 26.1 Å². The molecule has 3 amide bonds. The van der Waals surface area contributed by atoms with Crippen LogP contribution in [0.25, 0.3) is 0 Å². The fourth-order valence-corrected chi connectivity index (χ4v) is 3.49. The summed E-state index contributed by atoms with van der Waals surface area (Å²) in [5.41, 5.74) is -1.95. The quantitative estimate of drug-likeness (QED) is 0.631. The first-order valence-electron chi connectivity index (χ1n) is 9.44. The van der Waals surface area contributed by atoms with E-state index >= 15 is 0 Å². The van der Waals surface area contributed by atoms with Crippen molar-refractivity contribution < 1.29 is 24.2 Å². The van der Waals surface area contributed by atoms with Gasteiger partial charge in [0.1, 0.15) is 12.3 Å². The fourth-order valence-electron chi connectivity index (χ4n) is 3.49. The lowest BCUT2D eigenvalue weighted by atomic mass is 10.0. The van der Waals surface area contributed by atoms with Crippen molar-refractivity contribution in [2.75, 3.05) is 32.7 Å². The number of para-hydroxylation sites is 1. The number of ether oxygens (including phenoxy) is 1. The molecular formula is C19H26N4O5. The zero-order chi connectivity index (χ0) is 20.1. The minimum absolute atomic E-state index is 0.0726. The third kappa shape index (κ3) is 4.53. The number of benzene rings is 1. The second-order valence-electron chi connectivity index (χ2n) is 7.17. The second kappa shape index (κ2) is 8.47. The van der Waals surface area contributed by atoms with Gasteiger partial charge in [0.05, 0.1) is 0 Å². The van der Waals surface area contributed by atoms with Gasteiger partial charge in [-0.05, 0) is 38.1 Å². The van der Waals surface area contributed by atoms with Crippen molar-refractivity contribution in [3.8, 4) is 5.75 Å². The first-order chi connectivity index (χ1) is 13.4. The number of piperazine rings is 1. The molecule has 0 spiro atoms. The van der Waals surface area contributed by atoms with E-state index in [0.29, 0.717) is 18.8 Å². The maximum absolute atomic E-state index is 12.6. The molecule has 1 unspecified atom stereocenters. The number of nitrogens with one attached hydrogen (secondary N) is 2. The van der Waals surface area contributed by atoms with E-state index < -0.39 is 17.7 Å². The van der Waals surface area contributed by atoms with Gasteiger partial charge < -0.3 is 25.0 Å². The summed E-state index contributed by atoms with van der Waals surface area (Å²) < 4.78 is 5.51. The number of hydrogen-bond donors (Lipinski definition) is 3. The molecule has 152 valence electrons. The SMILES string of the molecule is CC(NC(=O)N1CCN(C2CCNCC2)C(=O)C1)(Oc1ccccc1)C(=O)O. The monoisotopic (exact) mass is 390 g/mol. The van der Waals surface area contributed by atoms with Crippen molar-refractivity contribution in [1.82, 2.24) is 20.4 Å². The summed E-state index contributed by atoms with van der Waals surface area (Å²) in [4.78, 5) is 40.1. The second-order valence-corrected chi connectivity index (χ2v) is 7.17. The highest BCUT2D eigenvalue weighted by atomic mass is 16.5. The molecule has 3 rings (SSSR count). The molecule has 9 heteroatoms. The number of nitrogens with zero attached hydrogens (tertiary/aromatic N) is 2. The molecule has 0 bridgehead atoms. The van der Waals surface area contributed by atoms with Gasteiger partial charge in [-0.1, -0.05) is 18.2 Å². The Labute approximate surface area is 163 Å². The molecule has 2 fully saturated rings. The van der Waals surface area contributed by atoms with Crippen molar-refractivity contribution in [2.24, 2.45) is 0 Å². The smallest absolute Gasteiger partial charge is 0.369 e. The number of carbonyl (C=O) groups is 3. The minimum atomic E-state index is -1.95. The Balaban J connectivity index is 1.61. The lowest BCUT2D eigenvalue weighted by Crippen LogP contribution is -2.63. The summed E-state index contributed by atoms with van der Waals surface area (Å²) in [7, 11) is 0. The lowest BCUT2D eigenvalue weighted by molar-refractivity contribution is -0.155. The van der Waals surface area contributed by atoms with Crippen LogP contribution in [0.15, 0.2) is 30.3 Å². The van der Waals surface area contributed by atoms with Crippen LogP contribution in [0.5, 0.6) is 5.75 Å². The van der Waals surface area contributed by atoms with E-state index in [4.69, 9.17) is 4.74 Å². The average molecular weight is 390 g/mol. The molecule has 28 heavy (non-hydrogen) atoms. The van der Waals surface area contributed by atoms with Gasteiger partial charge in [-0.15, -0.1) is 0 Å². The van der Waals surface area contributed by atoms with Crippen molar-refractivity contribution in [2.45, 2.75) is 31.5 Å². The largest absolute Gasteiger partial charge is 0.477 e. The third-order valence-corrected chi connectivity index (χ3v) is 5.11. The maximum Gasteiger partial charge on any atom is 0.369 e. The molecule has 9 nitrogen and oxygen atoms in total.